The monoisotopic (exact) mass is 424 g/mol. The van der Waals surface area contributed by atoms with Crippen LogP contribution in [0, 0.1) is 0 Å². The number of fused-ring (bicyclic) bond motifs is 1. The molecule has 1 atom stereocenters. The molecule has 32 heavy (non-hydrogen) atoms. The lowest BCUT2D eigenvalue weighted by molar-refractivity contribution is -0.127. The Hall–Kier alpha value is -3.93. The number of carbonyl (C=O) groups excluding carboxylic acids is 1. The number of benzene rings is 2. The molecule has 0 bridgehead atoms. The van der Waals surface area contributed by atoms with Crippen LogP contribution in [0.5, 0.6) is 11.5 Å². The van der Waals surface area contributed by atoms with Crippen molar-refractivity contribution >= 4 is 16.9 Å². The highest BCUT2D eigenvalue weighted by atomic mass is 16.5. The topological polar surface area (TPSA) is 71.1 Å². The average molecular weight is 425 g/mol. The molecule has 160 valence electrons. The number of H-pyrrole nitrogens is 1. The molecule has 1 fully saturated rings. The Labute approximate surface area is 186 Å². The maximum Gasteiger partial charge on any atom is 0.245 e. The van der Waals surface area contributed by atoms with Crippen molar-refractivity contribution in [2.45, 2.75) is 18.8 Å². The molecule has 1 saturated heterocycles. The van der Waals surface area contributed by atoms with E-state index in [1.807, 2.05) is 65.7 Å². The predicted octanol–water partition coefficient (Wildman–Crippen LogP) is 5.31. The quantitative estimate of drug-likeness (QED) is 0.441. The fourth-order valence-electron chi connectivity index (χ4n) is 4.38. The van der Waals surface area contributed by atoms with Gasteiger partial charge in [0.2, 0.25) is 5.91 Å². The van der Waals surface area contributed by atoms with Crippen molar-refractivity contribution in [1.82, 2.24) is 19.9 Å². The molecule has 6 nitrogen and oxygen atoms in total. The number of aromatic nitrogens is 3. The van der Waals surface area contributed by atoms with Gasteiger partial charge in [-0.3, -0.25) is 4.79 Å². The maximum absolute atomic E-state index is 12.2. The molecular formula is C26H24N4O2. The van der Waals surface area contributed by atoms with Crippen LogP contribution >= 0.6 is 0 Å². The van der Waals surface area contributed by atoms with E-state index in [9.17, 15) is 4.79 Å². The molecule has 0 aliphatic carbocycles. The molecule has 2 aromatic heterocycles. The fraction of sp³-hybridized carbons (Fsp3) is 0.192. The van der Waals surface area contributed by atoms with Gasteiger partial charge in [-0.2, -0.15) is 0 Å². The second-order valence-corrected chi connectivity index (χ2v) is 7.95. The van der Waals surface area contributed by atoms with Gasteiger partial charge >= 0.3 is 0 Å². The van der Waals surface area contributed by atoms with E-state index in [4.69, 9.17) is 4.74 Å². The summed E-state index contributed by atoms with van der Waals surface area (Å²) in [4.78, 5) is 26.4. The first-order chi connectivity index (χ1) is 15.7. The Morgan fingerprint density at radius 2 is 1.88 bits per heavy atom. The Balaban J connectivity index is 1.46. The lowest BCUT2D eigenvalue weighted by Gasteiger charge is -2.32. The molecule has 2 aromatic carbocycles. The zero-order chi connectivity index (χ0) is 21.9. The largest absolute Gasteiger partial charge is 0.457 e. The third kappa shape index (κ3) is 3.87. The van der Waals surface area contributed by atoms with Crippen molar-refractivity contribution in [3.8, 4) is 22.6 Å². The maximum atomic E-state index is 12.2. The van der Waals surface area contributed by atoms with Gasteiger partial charge in [-0.15, -0.1) is 0 Å². The van der Waals surface area contributed by atoms with Crippen molar-refractivity contribution < 1.29 is 9.53 Å². The third-order valence-electron chi connectivity index (χ3n) is 5.94. The molecule has 0 spiro atoms. The summed E-state index contributed by atoms with van der Waals surface area (Å²) >= 11 is 0. The number of nitrogens with zero attached hydrogens (tertiary/aromatic N) is 3. The van der Waals surface area contributed by atoms with Crippen molar-refractivity contribution in [1.29, 1.82) is 0 Å². The first-order valence-corrected chi connectivity index (χ1v) is 10.8. The Morgan fingerprint density at radius 1 is 1.09 bits per heavy atom. The van der Waals surface area contributed by atoms with Crippen LogP contribution in [0.1, 0.15) is 24.5 Å². The number of hydrogen-bond donors (Lipinski definition) is 1. The van der Waals surface area contributed by atoms with Gasteiger partial charge in [0, 0.05) is 36.2 Å². The predicted molar refractivity (Wildman–Crippen MR) is 125 cm³/mol. The summed E-state index contributed by atoms with van der Waals surface area (Å²) in [6.07, 6.45) is 6.90. The lowest BCUT2D eigenvalue weighted by Crippen LogP contribution is -2.38. The average Bonchev–Trinajstić information content (AvgIpc) is 3.29. The highest BCUT2D eigenvalue weighted by Crippen LogP contribution is 2.36. The molecule has 1 N–H and O–H groups in total. The van der Waals surface area contributed by atoms with Crippen LogP contribution in [0.25, 0.3) is 22.2 Å². The summed E-state index contributed by atoms with van der Waals surface area (Å²) in [5.74, 6) is 1.72. The summed E-state index contributed by atoms with van der Waals surface area (Å²) < 4.78 is 5.92. The van der Waals surface area contributed by atoms with Gasteiger partial charge in [-0.1, -0.05) is 36.9 Å². The van der Waals surface area contributed by atoms with Gasteiger partial charge in [0.1, 0.15) is 23.5 Å². The van der Waals surface area contributed by atoms with E-state index in [0.717, 1.165) is 58.7 Å². The van der Waals surface area contributed by atoms with Gasteiger partial charge in [-0.25, -0.2) is 9.97 Å². The number of carbonyl (C=O) groups is 1. The molecule has 6 heteroatoms. The van der Waals surface area contributed by atoms with Crippen LogP contribution in [0.2, 0.25) is 0 Å². The molecule has 1 aliphatic heterocycles. The first-order valence-electron chi connectivity index (χ1n) is 10.8. The first kappa shape index (κ1) is 20.0. The van der Waals surface area contributed by atoms with E-state index in [2.05, 4.69) is 21.5 Å². The van der Waals surface area contributed by atoms with Gasteiger partial charge in [-0.05, 0) is 48.7 Å². The summed E-state index contributed by atoms with van der Waals surface area (Å²) in [6.45, 7) is 5.04. The fourth-order valence-corrected chi connectivity index (χ4v) is 4.38. The Morgan fingerprint density at radius 3 is 2.66 bits per heavy atom. The molecule has 0 radical (unpaired) electrons. The minimum atomic E-state index is -0.0247. The number of piperidine rings is 1. The molecular weight excluding hydrogens is 400 g/mol. The van der Waals surface area contributed by atoms with E-state index in [-0.39, 0.29) is 11.8 Å². The Kier molecular flexibility index (Phi) is 5.42. The second-order valence-electron chi connectivity index (χ2n) is 7.95. The lowest BCUT2D eigenvalue weighted by atomic mass is 9.91. The zero-order valence-electron chi connectivity index (χ0n) is 17.7. The molecule has 1 aliphatic rings. The second kappa shape index (κ2) is 8.67. The summed E-state index contributed by atoms with van der Waals surface area (Å²) in [7, 11) is 0. The number of aromatic amines is 1. The van der Waals surface area contributed by atoms with Gasteiger partial charge in [0.15, 0.2) is 0 Å². The molecule has 5 rings (SSSR count). The number of ether oxygens (including phenoxy) is 1. The minimum Gasteiger partial charge on any atom is -0.457 e. The van der Waals surface area contributed by atoms with Gasteiger partial charge in [0.25, 0.3) is 0 Å². The molecule has 4 aromatic rings. The van der Waals surface area contributed by atoms with Crippen LogP contribution in [0.15, 0.2) is 79.8 Å². The summed E-state index contributed by atoms with van der Waals surface area (Å²) in [6, 6.07) is 17.8. The van der Waals surface area contributed by atoms with E-state index in [0.29, 0.717) is 6.54 Å². The molecule has 0 saturated carbocycles. The van der Waals surface area contributed by atoms with Crippen molar-refractivity contribution in [2.75, 3.05) is 13.1 Å². The number of rotatable bonds is 5. The van der Waals surface area contributed by atoms with Crippen molar-refractivity contribution in [3.05, 3.63) is 85.5 Å². The minimum absolute atomic E-state index is 0.0247. The van der Waals surface area contributed by atoms with Gasteiger partial charge < -0.3 is 14.6 Å². The summed E-state index contributed by atoms with van der Waals surface area (Å²) in [5.41, 5.74) is 3.90. The van der Waals surface area contributed by atoms with E-state index in [1.54, 1.807) is 6.33 Å². The standard InChI is InChI=1S/C26H24N4O2/c1-2-23(31)30-14-6-7-19(16-30)25-24-22(15-27-26(24)29-17-28-25)18-10-12-21(13-11-18)32-20-8-4-3-5-9-20/h2-5,8-13,15,17,19H,1,6-7,14,16H2,(H,27,28,29). The van der Waals surface area contributed by atoms with E-state index >= 15 is 0 Å². The third-order valence-corrected chi connectivity index (χ3v) is 5.94. The number of nitrogens with one attached hydrogen (secondary N) is 1. The van der Waals surface area contributed by atoms with E-state index in [1.165, 1.54) is 6.08 Å². The zero-order valence-corrected chi connectivity index (χ0v) is 17.7. The Bertz CT molecular complexity index is 1250. The van der Waals surface area contributed by atoms with Crippen molar-refractivity contribution in [2.24, 2.45) is 0 Å². The normalized spacial score (nSPS) is 16.1. The van der Waals surface area contributed by atoms with Crippen LogP contribution in [0.3, 0.4) is 0 Å². The van der Waals surface area contributed by atoms with Crippen molar-refractivity contribution in [3.63, 3.8) is 0 Å². The number of para-hydroxylation sites is 1. The number of amides is 1. The highest BCUT2D eigenvalue weighted by molar-refractivity contribution is 5.95. The number of hydrogen-bond acceptors (Lipinski definition) is 4. The SMILES string of the molecule is C=CC(=O)N1CCCC(c2ncnc3[nH]cc(-c4ccc(Oc5ccccc5)cc4)c23)C1. The number of likely N-dealkylation sites (tertiary alicyclic amines) is 1. The molecule has 1 amide bonds. The van der Waals surface area contributed by atoms with Gasteiger partial charge in [0.05, 0.1) is 5.69 Å². The van der Waals surface area contributed by atoms with Crippen LogP contribution in [-0.4, -0.2) is 38.8 Å². The highest BCUT2D eigenvalue weighted by Gasteiger charge is 2.27. The molecule has 3 heterocycles. The van der Waals surface area contributed by atoms with E-state index < -0.39 is 0 Å². The van der Waals surface area contributed by atoms with Crippen LogP contribution < -0.4 is 4.74 Å². The van der Waals surface area contributed by atoms with Crippen LogP contribution in [-0.2, 0) is 4.79 Å². The molecule has 1 unspecified atom stereocenters. The summed E-state index contributed by atoms with van der Waals surface area (Å²) in [5, 5.41) is 1.02. The van der Waals surface area contributed by atoms with Crippen LogP contribution in [0.4, 0.5) is 0 Å². The smallest absolute Gasteiger partial charge is 0.245 e.